The Morgan fingerprint density at radius 2 is 1.56 bits per heavy atom. The molecule has 2 heterocycles. The van der Waals surface area contributed by atoms with Crippen LogP contribution in [0.4, 0.5) is 11.4 Å². The second-order valence-corrected chi connectivity index (χ2v) is 16.4. The van der Waals surface area contributed by atoms with Crippen LogP contribution < -0.4 is 19.6 Å². The number of methoxy groups -OCH3 is 1. The first-order valence-corrected chi connectivity index (χ1v) is 19.7. The zero-order valence-electron chi connectivity index (χ0n) is 31.1. The molecule has 11 nitrogen and oxygen atoms in total. The number of aromatic nitrogens is 1. The van der Waals surface area contributed by atoms with E-state index in [4.69, 9.17) is 13.9 Å². The molecule has 0 aliphatic rings. The fraction of sp³-hybridized carbons (Fsp3) is 0.268. The van der Waals surface area contributed by atoms with E-state index in [9.17, 15) is 18.0 Å². The van der Waals surface area contributed by atoms with Gasteiger partial charge in [-0.15, -0.1) is 11.3 Å². The molecule has 0 fully saturated rings. The van der Waals surface area contributed by atoms with Gasteiger partial charge in [-0.2, -0.15) is 4.31 Å². The minimum absolute atomic E-state index is 0.00315. The number of benzene rings is 4. The third kappa shape index (κ3) is 7.46. The molecule has 1 unspecified atom stereocenters. The number of hydrogen-bond donors (Lipinski definition) is 0. The quantitative estimate of drug-likeness (QED) is 0.0934. The van der Waals surface area contributed by atoms with Crippen LogP contribution in [-0.4, -0.2) is 51.1 Å². The van der Waals surface area contributed by atoms with Gasteiger partial charge in [0.2, 0.25) is 0 Å². The Hall–Kier alpha value is -5.53. The van der Waals surface area contributed by atoms with Gasteiger partial charge in [0, 0.05) is 30.2 Å². The van der Waals surface area contributed by atoms with Gasteiger partial charge < -0.3 is 18.8 Å². The number of anilines is 2. The first-order valence-electron chi connectivity index (χ1n) is 17.4. The molecule has 0 saturated carbocycles. The predicted octanol–water partition coefficient (Wildman–Crippen LogP) is 8.41. The lowest BCUT2D eigenvalue weighted by molar-refractivity contribution is -0.156. The molecule has 0 radical (unpaired) electrons. The normalized spacial score (nSPS) is 12.4. The van der Waals surface area contributed by atoms with Crippen LogP contribution in [0.25, 0.3) is 31.8 Å². The fourth-order valence-corrected chi connectivity index (χ4v) is 8.52. The van der Waals surface area contributed by atoms with Crippen LogP contribution in [0, 0.1) is 0 Å². The number of carbonyl (C=O) groups is 2. The van der Waals surface area contributed by atoms with Crippen LogP contribution in [0.1, 0.15) is 63.4 Å². The second-order valence-electron chi connectivity index (χ2n) is 13.6. The Morgan fingerprint density at radius 1 is 0.907 bits per heavy atom. The number of hydrogen-bond acceptors (Lipinski definition) is 11. The Kier molecular flexibility index (Phi) is 10.7. The number of thiazole rings is 1. The molecule has 54 heavy (non-hydrogen) atoms. The van der Waals surface area contributed by atoms with E-state index in [1.54, 1.807) is 58.0 Å². The number of fused-ring (bicyclic) bond motifs is 2. The third-order valence-corrected chi connectivity index (χ3v) is 11.7. The van der Waals surface area contributed by atoms with Crippen molar-refractivity contribution in [1.29, 1.82) is 0 Å². The number of esters is 1. The van der Waals surface area contributed by atoms with Crippen molar-refractivity contribution in [3.8, 4) is 16.3 Å². The van der Waals surface area contributed by atoms with Gasteiger partial charge >= 0.3 is 11.6 Å². The van der Waals surface area contributed by atoms with Gasteiger partial charge in [-0.25, -0.2) is 18.2 Å². The zero-order valence-corrected chi connectivity index (χ0v) is 32.7. The van der Waals surface area contributed by atoms with Crippen molar-refractivity contribution in [3.63, 3.8) is 0 Å². The van der Waals surface area contributed by atoms with Gasteiger partial charge in [-0.3, -0.25) is 9.59 Å². The van der Waals surface area contributed by atoms with Crippen molar-refractivity contribution in [2.75, 3.05) is 29.4 Å². The van der Waals surface area contributed by atoms with Gasteiger partial charge in [0.05, 0.1) is 39.4 Å². The molecular formula is C41H41N3O8S2. The molecule has 6 rings (SSSR count). The molecule has 0 bridgehead atoms. The van der Waals surface area contributed by atoms with Crippen molar-refractivity contribution in [2.24, 2.45) is 0 Å². The van der Waals surface area contributed by atoms with E-state index >= 15 is 4.79 Å². The highest BCUT2D eigenvalue weighted by atomic mass is 32.2. The van der Waals surface area contributed by atoms with Gasteiger partial charge in [-0.05, 0) is 108 Å². The van der Waals surface area contributed by atoms with Crippen LogP contribution in [0.5, 0.6) is 5.75 Å². The third-order valence-electron chi connectivity index (χ3n) is 8.91. The van der Waals surface area contributed by atoms with E-state index < -0.39 is 39.0 Å². The summed E-state index contributed by atoms with van der Waals surface area (Å²) in [5.41, 5.74) is 0.140. The standard InChI is InChI=1S/C41H41N3O8S2/c1-8-43(9-2)28-18-23-31-33(24-28)51-40(47)36(37-42-32-12-10-11-13-34(32)53-37)35(31)38(45)44(27-16-19-29(50-7)20-17-27)54(48,49)30-21-14-26(15-22-30)25(3)39(46)52-41(4,5)6/h10-25H,8-9H2,1-7H3. The van der Waals surface area contributed by atoms with Crippen LogP contribution in [0.2, 0.25) is 0 Å². The summed E-state index contributed by atoms with van der Waals surface area (Å²) in [6, 6.07) is 24.2. The van der Waals surface area contributed by atoms with Gasteiger partial charge in [0.25, 0.3) is 15.9 Å². The Labute approximate surface area is 317 Å². The van der Waals surface area contributed by atoms with Crippen molar-refractivity contribution in [1.82, 2.24) is 4.98 Å². The van der Waals surface area contributed by atoms with E-state index in [-0.39, 0.29) is 37.7 Å². The molecule has 4 aromatic carbocycles. The Bertz CT molecular complexity index is 2480. The number of ether oxygens (including phenoxy) is 2. The maximum absolute atomic E-state index is 15.3. The predicted molar refractivity (Wildman–Crippen MR) is 212 cm³/mol. The van der Waals surface area contributed by atoms with E-state index in [0.717, 1.165) is 10.4 Å². The van der Waals surface area contributed by atoms with E-state index in [1.807, 2.05) is 38.1 Å². The summed E-state index contributed by atoms with van der Waals surface area (Å²) >= 11 is 1.19. The summed E-state index contributed by atoms with van der Waals surface area (Å²) in [6.07, 6.45) is 0. The number of para-hydroxylation sites is 1. The lowest BCUT2D eigenvalue weighted by atomic mass is 10.0. The Morgan fingerprint density at radius 3 is 2.17 bits per heavy atom. The molecule has 280 valence electrons. The molecular weight excluding hydrogens is 727 g/mol. The molecule has 0 N–H and O–H groups in total. The highest BCUT2D eigenvalue weighted by Gasteiger charge is 2.37. The van der Waals surface area contributed by atoms with E-state index in [1.165, 1.54) is 54.8 Å². The summed E-state index contributed by atoms with van der Waals surface area (Å²) in [5, 5.41) is 0.440. The summed E-state index contributed by atoms with van der Waals surface area (Å²) in [4.78, 5) is 48.7. The highest BCUT2D eigenvalue weighted by Crippen LogP contribution is 2.38. The largest absolute Gasteiger partial charge is 0.497 e. The van der Waals surface area contributed by atoms with Crippen molar-refractivity contribution >= 4 is 65.8 Å². The lowest BCUT2D eigenvalue weighted by Gasteiger charge is -2.25. The summed E-state index contributed by atoms with van der Waals surface area (Å²) in [7, 11) is -3.21. The van der Waals surface area contributed by atoms with Crippen LogP contribution in [0.15, 0.2) is 105 Å². The molecule has 6 aromatic rings. The first-order chi connectivity index (χ1) is 25.7. The summed E-state index contributed by atoms with van der Waals surface area (Å²) < 4.78 is 47.8. The van der Waals surface area contributed by atoms with Crippen molar-refractivity contribution < 1.29 is 31.9 Å². The topological polar surface area (TPSA) is 136 Å². The molecule has 1 amide bonds. The fourth-order valence-electron chi connectivity index (χ4n) is 6.12. The molecule has 0 saturated heterocycles. The second kappa shape index (κ2) is 15.1. The average molecular weight is 768 g/mol. The number of rotatable bonds is 11. The minimum Gasteiger partial charge on any atom is -0.497 e. The van der Waals surface area contributed by atoms with E-state index in [2.05, 4.69) is 9.88 Å². The van der Waals surface area contributed by atoms with Gasteiger partial charge in [0.15, 0.2) is 0 Å². The van der Waals surface area contributed by atoms with Crippen molar-refractivity contribution in [3.05, 3.63) is 113 Å². The molecule has 1 atom stereocenters. The highest BCUT2D eigenvalue weighted by molar-refractivity contribution is 7.93. The maximum atomic E-state index is 15.3. The SMILES string of the molecule is CCN(CC)c1ccc2c(C(=O)N(c3ccc(OC)cc3)S(=O)(=O)c3ccc(C(C)C(=O)OC(C)(C)C)cc3)c(-c3nc4ccccc4s3)c(=O)oc2c1. The number of nitrogens with zero attached hydrogens (tertiary/aromatic N) is 3. The molecule has 13 heteroatoms. The molecule has 0 spiro atoms. The lowest BCUT2D eigenvalue weighted by Crippen LogP contribution is -2.38. The van der Waals surface area contributed by atoms with Crippen LogP contribution >= 0.6 is 11.3 Å². The van der Waals surface area contributed by atoms with E-state index in [0.29, 0.717) is 34.2 Å². The molecule has 0 aliphatic heterocycles. The molecule has 0 aliphatic carbocycles. The van der Waals surface area contributed by atoms with Gasteiger partial charge in [0.1, 0.15) is 27.5 Å². The van der Waals surface area contributed by atoms with Crippen LogP contribution in [0.3, 0.4) is 0 Å². The van der Waals surface area contributed by atoms with Crippen LogP contribution in [-0.2, 0) is 19.6 Å². The smallest absolute Gasteiger partial charge is 0.347 e. The Balaban J connectivity index is 1.57. The molecule has 2 aromatic heterocycles. The number of amides is 1. The van der Waals surface area contributed by atoms with Gasteiger partial charge in [-0.1, -0.05) is 24.3 Å². The maximum Gasteiger partial charge on any atom is 0.347 e. The van der Waals surface area contributed by atoms with Crippen molar-refractivity contribution in [2.45, 2.75) is 58.0 Å². The summed E-state index contributed by atoms with van der Waals surface area (Å²) in [6.45, 7) is 12.3. The summed E-state index contributed by atoms with van der Waals surface area (Å²) in [5.74, 6) is -1.70. The average Bonchev–Trinajstić information content (AvgIpc) is 3.58. The number of carbonyl (C=O) groups excluding carboxylic acids is 2. The minimum atomic E-state index is -4.68. The first kappa shape index (κ1) is 38.2. The monoisotopic (exact) mass is 767 g/mol. The number of sulfonamides is 1. The zero-order chi connectivity index (χ0) is 38.9.